The highest BCUT2D eigenvalue weighted by atomic mass is 16.6. The van der Waals surface area contributed by atoms with Gasteiger partial charge in [-0.05, 0) is 38.4 Å². The van der Waals surface area contributed by atoms with Crippen molar-refractivity contribution in [2.45, 2.75) is 25.3 Å². The highest BCUT2D eigenvalue weighted by molar-refractivity contribution is 5.62. The summed E-state index contributed by atoms with van der Waals surface area (Å²) in [7, 11) is 1.77. The van der Waals surface area contributed by atoms with Crippen LogP contribution in [0.2, 0.25) is 0 Å². The van der Waals surface area contributed by atoms with Crippen LogP contribution in [-0.2, 0) is 0 Å². The van der Waals surface area contributed by atoms with E-state index in [2.05, 4.69) is 20.1 Å². The standard InChI is InChI=1S/C14H21N5O2/c1-15-13-5-4-12(19(20)21)14(16-13)18-9-6-11(10-18)17-7-2-3-8-17/h4-5,11H,2-3,6-10H2,1H3,(H,15,16). The quantitative estimate of drug-likeness (QED) is 0.672. The molecule has 2 saturated heterocycles. The van der Waals surface area contributed by atoms with Crippen LogP contribution in [0.25, 0.3) is 0 Å². The Kier molecular flexibility index (Phi) is 3.92. The van der Waals surface area contributed by atoms with E-state index in [4.69, 9.17) is 0 Å². The van der Waals surface area contributed by atoms with Crippen molar-refractivity contribution in [2.24, 2.45) is 0 Å². The average molecular weight is 291 g/mol. The van der Waals surface area contributed by atoms with Gasteiger partial charge in [-0.2, -0.15) is 0 Å². The Bertz CT molecular complexity index is 530. The first-order chi connectivity index (χ1) is 10.2. The molecule has 21 heavy (non-hydrogen) atoms. The maximum atomic E-state index is 11.2. The second kappa shape index (κ2) is 5.85. The number of nitrogens with one attached hydrogen (secondary N) is 1. The highest BCUT2D eigenvalue weighted by Gasteiger charge is 2.33. The highest BCUT2D eigenvalue weighted by Crippen LogP contribution is 2.31. The largest absolute Gasteiger partial charge is 0.373 e. The van der Waals surface area contributed by atoms with E-state index >= 15 is 0 Å². The van der Waals surface area contributed by atoms with E-state index < -0.39 is 0 Å². The molecule has 0 saturated carbocycles. The van der Waals surface area contributed by atoms with Gasteiger partial charge in [0.05, 0.1) is 4.92 Å². The lowest BCUT2D eigenvalue weighted by Gasteiger charge is -2.24. The van der Waals surface area contributed by atoms with Crippen LogP contribution >= 0.6 is 0 Å². The molecule has 3 rings (SSSR count). The molecule has 0 aromatic carbocycles. The summed E-state index contributed by atoms with van der Waals surface area (Å²) < 4.78 is 0. The van der Waals surface area contributed by atoms with Gasteiger partial charge in [-0.15, -0.1) is 0 Å². The molecule has 0 spiro atoms. The molecule has 1 N–H and O–H groups in total. The zero-order valence-electron chi connectivity index (χ0n) is 12.3. The van der Waals surface area contributed by atoms with Gasteiger partial charge in [0.25, 0.3) is 0 Å². The minimum Gasteiger partial charge on any atom is -0.373 e. The summed E-state index contributed by atoms with van der Waals surface area (Å²) in [6, 6.07) is 3.69. The molecule has 2 aliphatic heterocycles. The van der Waals surface area contributed by atoms with Crippen LogP contribution in [0.15, 0.2) is 12.1 Å². The SMILES string of the molecule is CNc1ccc([N+](=O)[O-])c(N2CCC(N3CCCC3)C2)n1. The molecular weight excluding hydrogens is 270 g/mol. The smallest absolute Gasteiger partial charge is 0.311 e. The molecule has 0 radical (unpaired) electrons. The molecule has 0 bridgehead atoms. The van der Waals surface area contributed by atoms with Crippen LogP contribution in [0.1, 0.15) is 19.3 Å². The van der Waals surface area contributed by atoms with Crippen molar-refractivity contribution >= 4 is 17.3 Å². The summed E-state index contributed by atoms with van der Waals surface area (Å²) in [6.07, 6.45) is 3.59. The molecule has 1 aromatic rings. The number of rotatable bonds is 4. The number of pyridine rings is 1. The summed E-state index contributed by atoms with van der Waals surface area (Å²) in [5.41, 5.74) is 0.0936. The van der Waals surface area contributed by atoms with Crippen LogP contribution in [0.4, 0.5) is 17.3 Å². The van der Waals surface area contributed by atoms with E-state index in [1.54, 1.807) is 13.1 Å². The third-order valence-corrected chi connectivity index (χ3v) is 4.43. The maximum absolute atomic E-state index is 11.2. The topological polar surface area (TPSA) is 74.5 Å². The predicted octanol–water partition coefficient (Wildman–Crippen LogP) is 1.71. The minimum absolute atomic E-state index is 0.0936. The number of nitrogens with zero attached hydrogens (tertiary/aromatic N) is 4. The van der Waals surface area contributed by atoms with Gasteiger partial charge in [0.2, 0.25) is 5.82 Å². The maximum Gasteiger partial charge on any atom is 0.311 e. The van der Waals surface area contributed by atoms with E-state index in [0.717, 1.165) is 32.6 Å². The van der Waals surface area contributed by atoms with Gasteiger partial charge in [0, 0.05) is 32.2 Å². The summed E-state index contributed by atoms with van der Waals surface area (Å²) >= 11 is 0. The molecule has 1 unspecified atom stereocenters. The van der Waals surface area contributed by atoms with Crippen LogP contribution < -0.4 is 10.2 Å². The van der Waals surface area contributed by atoms with Crippen molar-refractivity contribution in [3.63, 3.8) is 0 Å². The number of nitro groups is 1. The second-order valence-corrected chi connectivity index (χ2v) is 5.68. The van der Waals surface area contributed by atoms with Crippen molar-refractivity contribution in [3.05, 3.63) is 22.2 Å². The van der Waals surface area contributed by atoms with E-state index in [1.807, 2.05) is 0 Å². The van der Waals surface area contributed by atoms with E-state index in [-0.39, 0.29) is 10.6 Å². The first-order valence-corrected chi connectivity index (χ1v) is 7.51. The van der Waals surface area contributed by atoms with Crippen molar-refractivity contribution in [3.8, 4) is 0 Å². The van der Waals surface area contributed by atoms with E-state index in [1.165, 1.54) is 18.9 Å². The number of likely N-dealkylation sites (tertiary alicyclic amines) is 1. The molecule has 7 heteroatoms. The molecule has 7 nitrogen and oxygen atoms in total. The first-order valence-electron chi connectivity index (χ1n) is 7.51. The number of hydrogen-bond donors (Lipinski definition) is 1. The van der Waals surface area contributed by atoms with Crippen LogP contribution in [0.3, 0.4) is 0 Å². The molecule has 1 atom stereocenters. The molecule has 0 amide bonds. The molecular formula is C14H21N5O2. The second-order valence-electron chi connectivity index (χ2n) is 5.68. The van der Waals surface area contributed by atoms with Gasteiger partial charge < -0.3 is 10.2 Å². The Labute approximate surface area is 124 Å². The van der Waals surface area contributed by atoms with Crippen molar-refractivity contribution in [1.82, 2.24) is 9.88 Å². The van der Waals surface area contributed by atoms with Gasteiger partial charge in [-0.1, -0.05) is 0 Å². The lowest BCUT2D eigenvalue weighted by molar-refractivity contribution is -0.384. The van der Waals surface area contributed by atoms with Gasteiger partial charge in [-0.3, -0.25) is 15.0 Å². The zero-order chi connectivity index (χ0) is 14.8. The van der Waals surface area contributed by atoms with Crippen LogP contribution in [-0.4, -0.2) is 54.1 Å². The Hall–Kier alpha value is -1.89. The van der Waals surface area contributed by atoms with Crippen LogP contribution in [0, 0.1) is 10.1 Å². The molecule has 0 aliphatic carbocycles. The number of aromatic nitrogens is 1. The normalized spacial score (nSPS) is 22.7. The molecule has 3 heterocycles. The lowest BCUT2D eigenvalue weighted by atomic mass is 10.2. The zero-order valence-corrected chi connectivity index (χ0v) is 12.3. The van der Waals surface area contributed by atoms with Gasteiger partial charge in [0.15, 0.2) is 0 Å². The summed E-state index contributed by atoms with van der Waals surface area (Å²) in [5.74, 6) is 1.16. The van der Waals surface area contributed by atoms with Crippen molar-refractivity contribution in [1.29, 1.82) is 0 Å². The van der Waals surface area contributed by atoms with Gasteiger partial charge in [0.1, 0.15) is 5.82 Å². The third-order valence-electron chi connectivity index (χ3n) is 4.43. The first kappa shape index (κ1) is 14.1. The average Bonchev–Trinajstić information content (AvgIpc) is 3.17. The fourth-order valence-electron chi connectivity index (χ4n) is 3.29. The fraction of sp³-hybridized carbons (Fsp3) is 0.643. The monoisotopic (exact) mass is 291 g/mol. The third kappa shape index (κ3) is 2.78. The predicted molar refractivity (Wildman–Crippen MR) is 81.9 cm³/mol. The Balaban J connectivity index is 1.81. The molecule has 2 fully saturated rings. The molecule has 1 aromatic heterocycles. The van der Waals surface area contributed by atoms with Gasteiger partial charge in [-0.25, -0.2) is 4.98 Å². The summed E-state index contributed by atoms with van der Waals surface area (Å²) in [5, 5.41) is 14.2. The van der Waals surface area contributed by atoms with E-state index in [9.17, 15) is 10.1 Å². The van der Waals surface area contributed by atoms with Crippen molar-refractivity contribution in [2.75, 3.05) is 43.4 Å². The van der Waals surface area contributed by atoms with Crippen molar-refractivity contribution < 1.29 is 4.92 Å². The summed E-state index contributed by atoms with van der Waals surface area (Å²) in [6.45, 7) is 3.98. The molecule has 2 aliphatic rings. The molecule has 114 valence electrons. The Morgan fingerprint density at radius 3 is 2.76 bits per heavy atom. The fourth-order valence-corrected chi connectivity index (χ4v) is 3.29. The number of anilines is 2. The Morgan fingerprint density at radius 2 is 2.10 bits per heavy atom. The Morgan fingerprint density at radius 1 is 1.33 bits per heavy atom. The van der Waals surface area contributed by atoms with E-state index in [0.29, 0.717) is 17.7 Å². The van der Waals surface area contributed by atoms with Gasteiger partial charge >= 0.3 is 5.69 Å². The number of hydrogen-bond acceptors (Lipinski definition) is 6. The van der Waals surface area contributed by atoms with Crippen LogP contribution in [0.5, 0.6) is 0 Å². The summed E-state index contributed by atoms with van der Waals surface area (Å²) in [4.78, 5) is 19.9. The minimum atomic E-state index is -0.342. The lowest BCUT2D eigenvalue weighted by Crippen LogP contribution is -2.35.